The number of primary amides is 1. The molecule has 1 rings (SSSR count). The van der Waals surface area contributed by atoms with Crippen molar-refractivity contribution in [2.45, 2.75) is 16.6 Å². The molecule has 0 heterocycles. The third-order valence-corrected chi connectivity index (χ3v) is 3.39. The minimum atomic E-state index is -0.384. The fourth-order valence-corrected chi connectivity index (χ4v) is 1.94. The smallest absolute Gasteiger partial charge is 0.237 e. The summed E-state index contributed by atoms with van der Waals surface area (Å²) in [5.74, 6) is -0.321. The van der Waals surface area contributed by atoms with E-state index in [1.807, 2.05) is 18.2 Å². The summed E-state index contributed by atoms with van der Waals surface area (Å²) in [5.41, 5.74) is 5.78. The maximum Gasteiger partial charge on any atom is 0.237 e. The summed E-state index contributed by atoms with van der Waals surface area (Å²) in [7, 11) is 0. The number of hydrogen-bond acceptors (Lipinski definition) is 3. The highest BCUT2D eigenvalue weighted by atomic mass is 79.9. The monoisotopic (exact) mass is 316 g/mol. The van der Waals surface area contributed by atoms with Gasteiger partial charge in [-0.2, -0.15) is 0 Å². The molecule has 0 bridgehead atoms. The molecule has 0 spiro atoms. The van der Waals surface area contributed by atoms with Crippen LogP contribution in [0.5, 0.6) is 0 Å². The number of anilines is 1. The van der Waals surface area contributed by atoms with Crippen molar-refractivity contribution in [3.63, 3.8) is 0 Å². The number of carbonyl (C=O) groups is 2. The second kappa shape index (κ2) is 6.66. The number of para-hydroxylation sites is 1. The van der Waals surface area contributed by atoms with Crippen LogP contribution in [0.25, 0.3) is 0 Å². The van der Waals surface area contributed by atoms with Crippen molar-refractivity contribution in [1.29, 1.82) is 0 Å². The van der Waals surface area contributed by atoms with Gasteiger partial charge in [0.1, 0.15) is 0 Å². The van der Waals surface area contributed by atoms with Crippen LogP contribution in [0.15, 0.2) is 29.2 Å². The molecule has 1 aromatic carbocycles. The Morgan fingerprint density at radius 2 is 2.12 bits per heavy atom. The Morgan fingerprint density at radius 1 is 1.47 bits per heavy atom. The van der Waals surface area contributed by atoms with E-state index in [0.29, 0.717) is 5.69 Å². The normalized spacial score (nSPS) is 11.9. The van der Waals surface area contributed by atoms with Gasteiger partial charge in [-0.25, -0.2) is 0 Å². The fraction of sp³-hybridized carbons (Fsp3) is 0.273. The van der Waals surface area contributed by atoms with E-state index in [9.17, 15) is 9.59 Å². The van der Waals surface area contributed by atoms with Crippen molar-refractivity contribution in [2.24, 2.45) is 5.73 Å². The lowest BCUT2D eigenvalue weighted by Gasteiger charge is -2.10. The predicted molar refractivity (Wildman–Crippen MR) is 73.4 cm³/mol. The van der Waals surface area contributed by atoms with Crippen LogP contribution in [0.2, 0.25) is 0 Å². The van der Waals surface area contributed by atoms with Gasteiger partial charge in [-0.3, -0.25) is 9.59 Å². The van der Waals surface area contributed by atoms with Gasteiger partial charge >= 0.3 is 0 Å². The van der Waals surface area contributed by atoms with Crippen LogP contribution in [0, 0.1) is 0 Å². The zero-order valence-corrected chi connectivity index (χ0v) is 11.7. The molecular weight excluding hydrogens is 304 g/mol. The first-order valence-electron chi connectivity index (χ1n) is 4.95. The number of halogens is 1. The van der Waals surface area contributed by atoms with Gasteiger partial charge in [0, 0.05) is 4.90 Å². The summed E-state index contributed by atoms with van der Waals surface area (Å²) in [6, 6.07) is 7.29. The Hall–Kier alpha value is -1.01. The van der Waals surface area contributed by atoms with Gasteiger partial charge in [-0.15, -0.1) is 11.8 Å². The number of benzene rings is 1. The molecule has 0 saturated heterocycles. The van der Waals surface area contributed by atoms with Gasteiger partial charge in [0.2, 0.25) is 11.8 Å². The Kier molecular flexibility index (Phi) is 5.50. The maximum absolute atomic E-state index is 11.5. The van der Waals surface area contributed by atoms with Gasteiger partial charge in [0.25, 0.3) is 0 Å². The molecule has 1 aromatic rings. The highest BCUT2D eigenvalue weighted by Gasteiger charge is 2.11. The molecule has 2 amide bonds. The highest BCUT2D eigenvalue weighted by Crippen LogP contribution is 2.26. The molecule has 4 nitrogen and oxygen atoms in total. The number of nitrogens with one attached hydrogen (secondary N) is 1. The van der Waals surface area contributed by atoms with Crippen LogP contribution in [0.3, 0.4) is 0 Å². The zero-order valence-electron chi connectivity index (χ0n) is 9.27. The van der Waals surface area contributed by atoms with Gasteiger partial charge in [0.15, 0.2) is 0 Å². The number of hydrogen-bond donors (Lipinski definition) is 2. The van der Waals surface area contributed by atoms with E-state index in [2.05, 4.69) is 21.2 Å². The van der Waals surface area contributed by atoms with E-state index in [1.54, 1.807) is 13.0 Å². The van der Waals surface area contributed by atoms with Gasteiger partial charge in [0.05, 0.1) is 16.3 Å². The lowest BCUT2D eigenvalue weighted by Crippen LogP contribution is -2.20. The van der Waals surface area contributed by atoms with Crippen LogP contribution in [-0.4, -0.2) is 22.4 Å². The molecule has 17 heavy (non-hydrogen) atoms. The first kappa shape index (κ1) is 14.1. The predicted octanol–water partition coefficient (Wildman–Crippen LogP) is 1.99. The summed E-state index contributed by atoms with van der Waals surface area (Å²) in [4.78, 5) is 22.8. The van der Waals surface area contributed by atoms with E-state index in [-0.39, 0.29) is 22.4 Å². The summed E-state index contributed by atoms with van der Waals surface area (Å²) in [5, 5.41) is 2.77. The molecule has 0 aliphatic carbocycles. The highest BCUT2D eigenvalue weighted by molar-refractivity contribution is 9.10. The number of nitrogens with two attached hydrogens (primary N) is 1. The number of carbonyl (C=O) groups excluding carboxylic acids is 2. The Labute approximate surface area is 112 Å². The van der Waals surface area contributed by atoms with E-state index in [1.165, 1.54) is 11.8 Å². The molecule has 0 aliphatic heterocycles. The number of amides is 2. The largest absolute Gasteiger partial charge is 0.369 e. The van der Waals surface area contributed by atoms with Crippen LogP contribution in [-0.2, 0) is 9.59 Å². The third-order valence-electron chi connectivity index (χ3n) is 1.88. The Morgan fingerprint density at radius 3 is 2.71 bits per heavy atom. The van der Waals surface area contributed by atoms with E-state index >= 15 is 0 Å². The minimum Gasteiger partial charge on any atom is -0.369 e. The average molecular weight is 317 g/mol. The second-order valence-corrected chi connectivity index (χ2v) is 5.75. The van der Waals surface area contributed by atoms with E-state index in [4.69, 9.17) is 5.73 Å². The quantitative estimate of drug-likeness (QED) is 0.644. The second-order valence-electron chi connectivity index (χ2n) is 3.36. The first-order valence-corrected chi connectivity index (χ1v) is 6.86. The molecule has 6 heteroatoms. The van der Waals surface area contributed by atoms with Gasteiger partial charge < -0.3 is 11.1 Å². The summed E-state index contributed by atoms with van der Waals surface area (Å²) >= 11 is 4.50. The van der Waals surface area contributed by atoms with Crippen molar-refractivity contribution in [1.82, 2.24) is 0 Å². The first-order chi connectivity index (χ1) is 8.00. The third kappa shape index (κ3) is 4.79. The minimum absolute atomic E-state index is 0.128. The van der Waals surface area contributed by atoms with E-state index < -0.39 is 0 Å². The molecular formula is C11H13BrN2O2S. The molecule has 0 aliphatic rings. The number of rotatable bonds is 5. The molecule has 1 unspecified atom stereocenters. The number of thioether (sulfide) groups is 1. The number of alkyl halides is 1. The standard InChI is InChI=1S/C11H13BrN2O2S/c1-7(12)11(16)14-8-4-2-3-5-9(8)17-6-10(13)15/h2-5,7H,6H2,1H3,(H2,13,15)(H,14,16). The van der Waals surface area contributed by atoms with Crippen LogP contribution >= 0.6 is 27.7 Å². The topological polar surface area (TPSA) is 72.2 Å². The maximum atomic E-state index is 11.5. The van der Waals surface area contributed by atoms with Crippen molar-refractivity contribution < 1.29 is 9.59 Å². The van der Waals surface area contributed by atoms with Crippen LogP contribution in [0.4, 0.5) is 5.69 Å². The van der Waals surface area contributed by atoms with E-state index in [0.717, 1.165) is 4.90 Å². The molecule has 92 valence electrons. The Bertz CT molecular complexity index is 424. The molecule has 0 fully saturated rings. The molecule has 3 N–H and O–H groups in total. The zero-order chi connectivity index (χ0) is 12.8. The van der Waals surface area contributed by atoms with Crippen LogP contribution in [0.1, 0.15) is 6.92 Å². The van der Waals surface area contributed by atoms with Crippen molar-refractivity contribution in [3.8, 4) is 0 Å². The summed E-state index contributed by atoms with van der Waals surface area (Å²) in [6.45, 7) is 1.74. The van der Waals surface area contributed by atoms with Gasteiger partial charge in [-0.05, 0) is 19.1 Å². The van der Waals surface area contributed by atoms with Crippen molar-refractivity contribution in [2.75, 3.05) is 11.1 Å². The van der Waals surface area contributed by atoms with Crippen molar-refractivity contribution in [3.05, 3.63) is 24.3 Å². The molecule has 0 saturated carbocycles. The SMILES string of the molecule is CC(Br)C(=O)Nc1ccccc1SCC(N)=O. The molecule has 0 aromatic heterocycles. The van der Waals surface area contributed by atoms with Crippen molar-refractivity contribution >= 4 is 45.2 Å². The Balaban J connectivity index is 2.77. The molecule has 1 atom stereocenters. The lowest BCUT2D eigenvalue weighted by molar-refractivity contribution is -0.116. The molecule has 0 radical (unpaired) electrons. The lowest BCUT2D eigenvalue weighted by atomic mass is 10.3. The fourth-order valence-electron chi connectivity index (χ4n) is 1.08. The summed E-state index contributed by atoms with van der Waals surface area (Å²) in [6.07, 6.45) is 0. The van der Waals surface area contributed by atoms with Gasteiger partial charge in [-0.1, -0.05) is 28.1 Å². The summed E-state index contributed by atoms with van der Waals surface area (Å²) < 4.78 is 0. The van der Waals surface area contributed by atoms with Crippen LogP contribution < -0.4 is 11.1 Å². The average Bonchev–Trinajstić information content (AvgIpc) is 2.27.